The predicted octanol–water partition coefficient (Wildman–Crippen LogP) is 5.43. The first-order chi connectivity index (χ1) is 19.8. The molecule has 10 nitrogen and oxygen atoms in total. The first kappa shape index (κ1) is 27.7. The van der Waals surface area contributed by atoms with Crippen molar-refractivity contribution in [2.45, 2.75) is 25.7 Å². The average molecular weight is 567 g/mol. The van der Waals surface area contributed by atoms with Crippen LogP contribution >= 0.6 is 0 Å². The van der Waals surface area contributed by atoms with E-state index in [0.29, 0.717) is 23.3 Å². The van der Waals surface area contributed by atoms with E-state index in [2.05, 4.69) is 45.6 Å². The molecule has 5 aromatic rings. The van der Waals surface area contributed by atoms with E-state index in [9.17, 15) is 8.42 Å². The number of hydrazone groups is 1. The lowest BCUT2D eigenvalue weighted by Gasteiger charge is -2.18. The van der Waals surface area contributed by atoms with E-state index < -0.39 is 10.0 Å². The summed E-state index contributed by atoms with van der Waals surface area (Å²) in [4.78, 5) is 9.89. The second-order valence-corrected chi connectivity index (χ2v) is 11.2. The van der Waals surface area contributed by atoms with Crippen LogP contribution in [-0.4, -0.2) is 40.9 Å². The highest BCUT2D eigenvalue weighted by Crippen LogP contribution is 2.36. The summed E-state index contributed by atoms with van der Waals surface area (Å²) < 4.78 is 28.3. The van der Waals surface area contributed by atoms with E-state index in [0.717, 1.165) is 33.5 Å². The fourth-order valence-corrected chi connectivity index (χ4v) is 4.99. The molecular formula is C30H30N8O2S. The molecule has 0 amide bonds. The monoisotopic (exact) mass is 566 g/mol. The normalized spacial score (nSPS) is 11.9. The van der Waals surface area contributed by atoms with Gasteiger partial charge in [-0.1, -0.05) is 48.5 Å². The molecule has 2 aromatic heterocycles. The molecule has 0 saturated heterocycles. The minimum atomic E-state index is -3.53. The molecule has 41 heavy (non-hydrogen) atoms. The zero-order valence-electron chi connectivity index (χ0n) is 23.1. The Kier molecular flexibility index (Phi) is 7.90. The van der Waals surface area contributed by atoms with Gasteiger partial charge in [0.05, 0.1) is 16.2 Å². The Bertz CT molecular complexity index is 1800. The van der Waals surface area contributed by atoms with Gasteiger partial charge in [0.25, 0.3) is 0 Å². The van der Waals surface area contributed by atoms with Gasteiger partial charge >= 0.3 is 0 Å². The third kappa shape index (κ3) is 6.01. The molecule has 0 radical (unpaired) electrons. The summed E-state index contributed by atoms with van der Waals surface area (Å²) in [5.41, 5.74) is 9.28. The second-order valence-electron chi connectivity index (χ2n) is 9.32. The molecule has 2 heterocycles. The molecule has 5 rings (SSSR count). The van der Waals surface area contributed by atoms with Crippen molar-refractivity contribution >= 4 is 33.2 Å². The Morgan fingerprint density at radius 3 is 2.34 bits per heavy atom. The molecule has 0 aliphatic heterocycles. The highest BCUT2D eigenvalue weighted by Gasteiger charge is 2.21. The number of hydrogen-bond donors (Lipinski definition) is 3. The predicted molar refractivity (Wildman–Crippen MR) is 162 cm³/mol. The number of benzene rings is 3. The van der Waals surface area contributed by atoms with E-state index in [-0.39, 0.29) is 4.90 Å². The van der Waals surface area contributed by atoms with E-state index in [4.69, 9.17) is 9.97 Å². The Balaban J connectivity index is 1.63. The lowest BCUT2D eigenvalue weighted by molar-refractivity contribution is 0.588. The maximum absolute atomic E-state index is 12.1. The lowest BCUT2D eigenvalue weighted by atomic mass is 9.97. The third-order valence-electron chi connectivity index (χ3n) is 6.70. The van der Waals surface area contributed by atoms with Crippen LogP contribution in [0.4, 0.5) is 17.5 Å². The maximum atomic E-state index is 12.1. The largest absolute Gasteiger partial charge is 0.324 e. The van der Waals surface area contributed by atoms with Gasteiger partial charge in [0, 0.05) is 18.1 Å². The zero-order valence-corrected chi connectivity index (χ0v) is 23.9. The number of para-hydroxylation sites is 1. The highest BCUT2D eigenvalue weighted by molar-refractivity contribution is 7.89. The minimum absolute atomic E-state index is 0.179. The summed E-state index contributed by atoms with van der Waals surface area (Å²) in [6, 6.07) is 24.1. The number of aromatic nitrogens is 4. The first-order valence-corrected chi connectivity index (χ1v) is 14.4. The molecule has 0 unspecified atom stereocenters. The highest BCUT2D eigenvalue weighted by atomic mass is 32.2. The fraction of sp³-hybridized carbons (Fsp3) is 0.133. The van der Waals surface area contributed by atoms with Crippen molar-refractivity contribution in [3.63, 3.8) is 0 Å². The van der Waals surface area contributed by atoms with Gasteiger partial charge in [-0.3, -0.25) is 5.43 Å². The van der Waals surface area contributed by atoms with Gasteiger partial charge in [0.1, 0.15) is 0 Å². The minimum Gasteiger partial charge on any atom is -0.324 e. The van der Waals surface area contributed by atoms with Gasteiger partial charge in [0.15, 0.2) is 11.6 Å². The molecule has 0 spiro atoms. The maximum Gasteiger partial charge on any atom is 0.240 e. The lowest BCUT2D eigenvalue weighted by Crippen LogP contribution is -2.18. The molecule has 3 aromatic carbocycles. The van der Waals surface area contributed by atoms with Gasteiger partial charge in [0.2, 0.25) is 16.0 Å². The van der Waals surface area contributed by atoms with E-state index in [1.807, 2.05) is 61.7 Å². The van der Waals surface area contributed by atoms with Crippen molar-refractivity contribution in [2.24, 2.45) is 5.10 Å². The molecule has 3 N–H and O–H groups in total. The molecule has 0 fully saturated rings. The Hall–Kier alpha value is -4.87. The SMILES string of the molecule is CNS(=O)(=O)c1ccc(C(C)=NNc2nc(Nc3ccccc3)nc(-n3cccn3)c2-c2cccc(C)c2C)cc1. The molecule has 0 bridgehead atoms. The number of rotatable bonds is 9. The van der Waals surface area contributed by atoms with Crippen molar-refractivity contribution in [1.29, 1.82) is 0 Å². The van der Waals surface area contributed by atoms with Crippen molar-refractivity contribution in [2.75, 3.05) is 17.8 Å². The van der Waals surface area contributed by atoms with Gasteiger partial charge in [-0.25, -0.2) is 17.8 Å². The standard InChI is InChI=1S/C30H30N8O2S/c1-20-10-8-13-26(21(20)2)27-28(37-36-22(3)23-14-16-25(17-15-23)41(39,40)31-4)34-30(33-24-11-6-5-7-12-24)35-29(27)38-19-9-18-32-38/h5-19,31H,1-4H3,(H2,33,34,35,37). The van der Waals surface area contributed by atoms with Crippen LogP contribution in [0.25, 0.3) is 16.9 Å². The molecule has 208 valence electrons. The molecule has 0 saturated carbocycles. The van der Waals surface area contributed by atoms with Crippen LogP contribution in [0.3, 0.4) is 0 Å². The summed E-state index contributed by atoms with van der Waals surface area (Å²) in [6.45, 7) is 5.96. The number of nitrogens with zero attached hydrogens (tertiary/aromatic N) is 5. The number of nitrogens with one attached hydrogen (secondary N) is 3. The van der Waals surface area contributed by atoms with Crippen LogP contribution in [-0.2, 0) is 10.0 Å². The Labute approximate surface area is 239 Å². The Morgan fingerprint density at radius 1 is 0.902 bits per heavy atom. The van der Waals surface area contributed by atoms with Crippen LogP contribution in [0.2, 0.25) is 0 Å². The molecule has 0 aliphatic carbocycles. The number of aryl methyl sites for hydroxylation is 1. The summed E-state index contributed by atoms with van der Waals surface area (Å²) in [5, 5.41) is 12.4. The summed E-state index contributed by atoms with van der Waals surface area (Å²) in [7, 11) is -2.15. The number of anilines is 3. The number of sulfonamides is 1. The Morgan fingerprint density at radius 2 is 1.66 bits per heavy atom. The van der Waals surface area contributed by atoms with Crippen molar-refractivity contribution in [1.82, 2.24) is 24.5 Å². The van der Waals surface area contributed by atoms with Crippen LogP contribution in [0.5, 0.6) is 0 Å². The van der Waals surface area contributed by atoms with Crippen LogP contribution < -0.4 is 15.5 Å². The van der Waals surface area contributed by atoms with Gasteiger partial charge in [-0.15, -0.1) is 0 Å². The molecule has 0 aliphatic rings. The van der Waals surface area contributed by atoms with Crippen LogP contribution in [0.1, 0.15) is 23.6 Å². The quantitative estimate of drug-likeness (QED) is 0.160. The van der Waals surface area contributed by atoms with Crippen molar-refractivity contribution in [3.05, 3.63) is 108 Å². The van der Waals surface area contributed by atoms with E-state index in [1.54, 1.807) is 35.1 Å². The van der Waals surface area contributed by atoms with E-state index >= 15 is 0 Å². The van der Waals surface area contributed by atoms with Crippen LogP contribution in [0, 0.1) is 13.8 Å². The number of hydrogen-bond acceptors (Lipinski definition) is 8. The first-order valence-electron chi connectivity index (χ1n) is 12.9. The molecule has 11 heteroatoms. The smallest absolute Gasteiger partial charge is 0.240 e. The van der Waals surface area contributed by atoms with Crippen molar-refractivity contribution < 1.29 is 8.42 Å². The fourth-order valence-electron chi connectivity index (χ4n) is 4.26. The zero-order chi connectivity index (χ0) is 29.0. The summed E-state index contributed by atoms with van der Waals surface area (Å²) in [5.74, 6) is 1.42. The van der Waals surface area contributed by atoms with E-state index in [1.165, 1.54) is 7.05 Å². The van der Waals surface area contributed by atoms with Gasteiger partial charge in [-0.2, -0.15) is 20.2 Å². The third-order valence-corrected chi connectivity index (χ3v) is 8.13. The van der Waals surface area contributed by atoms with Gasteiger partial charge in [-0.05, 0) is 80.4 Å². The molecule has 0 atom stereocenters. The average Bonchev–Trinajstić information content (AvgIpc) is 3.53. The van der Waals surface area contributed by atoms with Crippen molar-refractivity contribution in [3.8, 4) is 16.9 Å². The second kappa shape index (κ2) is 11.7. The molecular weight excluding hydrogens is 536 g/mol. The van der Waals surface area contributed by atoms with Gasteiger partial charge < -0.3 is 5.32 Å². The van der Waals surface area contributed by atoms with Crippen LogP contribution in [0.15, 0.2) is 101 Å². The summed E-state index contributed by atoms with van der Waals surface area (Å²) >= 11 is 0. The topological polar surface area (TPSA) is 126 Å². The summed E-state index contributed by atoms with van der Waals surface area (Å²) in [6.07, 6.45) is 3.54.